The van der Waals surface area contributed by atoms with Crippen LogP contribution in [0.5, 0.6) is 0 Å². The third-order valence-corrected chi connectivity index (χ3v) is 4.23. The number of halogens is 2. The minimum Gasteiger partial charge on any atom is -0.304 e. The van der Waals surface area contributed by atoms with Crippen LogP contribution in [0.2, 0.25) is 5.02 Å². The summed E-state index contributed by atoms with van der Waals surface area (Å²) in [6.07, 6.45) is 1.20. The van der Waals surface area contributed by atoms with E-state index in [-0.39, 0.29) is 21.3 Å². The highest BCUT2D eigenvalue weighted by Crippen LogP contribution is 2.23. The summed E-state index contributed by atoms with van der Waals surface area (Å²) in [6, 6.07) is 4.69. The first-order chi connectivity index (χ1) is 9.68. The molecule has 0 bridgehead atoms. The summed E-state index contributed by atoms with van der Waals surface area (Å²) < 4.78 is 24.8. The molecule has 0 spiro atoms. The lowest BCUT2D eigenvalue weighted by Crippen LogP contribution is -2.18. The van der Waals surface area contributed by atoms with Gasteiger partial charge in [0, 0.05) is 17.7 Å². The second kappa shape index (κ2) is 5.76. The molecule has 1 amide bonds. The Morgan fingerprint density at radius 3 is 2.71 bits per heavy atom. The van der Waals surface area contributed by atoms with E-state index >= 15 is 0 Å². The molecule has 0 aliphatic rings. The molecule has 0 radical (unpaired) electrons. The van der Waals surface area contributed by atoms with Gasteiger partial charge in [-0.2, -0.15) is 5.10 Å². The van der Waals surface area contributed by atoms with Crippen LogP contribution < -0.4 is 10.5 Å². The topological polar surface area (TPSA) is 107 Å². The summed E-state index contributed by atoms with van der Waals surface area (Å²) in [7, 11) is -2.48. The Balaban J connectivity index is 2.36. The third kappa shape index (κ3) is 3.62. The van der Waals surface area contributed by atoms with Gasteiger partial charge >= 0.3 is 0 Å². The van der Waals surface area contributed by atoms with Gasteiger partial charge in [0.25, 0.3) is 5.91 Å². The van der Waals surface area contributed by atoms with Crippen molar-refractivity contribution in [3.05, 3.63) is 39.5 Å². The molecular weight excluding hydrogens is 384 g/mol. The molecule has 0 unspecified atom stereocenters. The van der Waals surface area contributed by atoms with Crippen LogP contribution in [0, 0.1) is 0 Å². The molecule has 0 saturated heterocycles. The van der Waals surface area contributed by atoms with Crippen LogP contribution in [0.3, 0.4) is 0 Å². The zero-order chi connectivity index (χ0) is 15.8. The van der Waals surface area contributed by atoms with Crippen LogP contribution in [0.15, 0.2) is 33.8 Å². The first-order valence-electron chi connectivity index (χ1n) is 5.51. The molecular formula is C11H10BrClN4O3S. The van der Waals surface area contributed by atoms with Crippen molar-refractivity contribution in [1.29, 1.82) is 0 Å². The molecule has 3 N–H and O–H groups in total. The molecule has 10 heteroatoms. The van der Waals surface area contributed by atoms with Gasteiger partial charge < -0.3 is 5.32 Å². The van der Waals surface area contributed by atoms with E-state index in [0.29, 0.717) is 4.47 Å². The number of nitrogens with zero attached hydrogens (tertiary/aromatic N) is 2. The number of nitrogens with one attached hydrogen (secondary N) is 1. The Labute approximate surface area is 134 Å². The van der Waals surface area contributed by atoms with Crippen LogP contribution in [-0.4, -0.2) is 24.1 Å². The van der Waals surface area contributed by atoms with E-state index in [1.807, 2.05) is 0 Å². The van der Waals surface area contributed by atoms with Crippen molar-refractivity contribution in [2.24, 2.45) is 12.2 Å². The van der Waals surface area contributed by atoms with E-state index in [4.69, 9.17) is 16.7 Å². The summed E-state index contributed by atoms with van der Waals surface area (Å²) in [5, 5.41) is 11.5. The van der Waals surface area contributed by atoms with Crippen LogP contribution >= 0.6 is 27.5 Å². The van der Waals surface area contributed by atoms with Crippen LogP contribution in [0.4, 0.5) is 5.82 Å². The van der Waals surface area contributed by atoms with Crippen molar-refractivity contribution < 1.29 is 13.2 Å². The number of primary sulfonamides is 1. The van der Waals surface area contributed by atoms with Crippen molar-refractivity contribution in [2.45, 2.75) is 4.90 Å². The number of aryl methyl sites for hydroxylation is 1. The number of amides is 1. The zero-order valence-corrected chi connectivity index (χ0v) is 13.8. The Morgan fingerprint density at radius 1 is 1.48 bits per heavy atom. The van der Waals surface area contributed by atoms with Gasteiger partial charge in [0.1, 0.15) is 4.90 Å². The maximum atomic E-state index is 12.1. The summed E-state index contributed by atoms with van der Waals surface area (Å²) in [6.45, 7) is 0. The molecule has 7 nitrogen and oxygen atoms in total. The van der Waals surface area contributed by atoms with Gasteiger partial charge in [-0.1, -0.05) is 27.5 Å². The van der Waals surface area contributed by atoms with E-state index < -0.39 is 15.9 Å². The SMILES string of the molecule is Cn1cc(S(N)(=O)=O)c(NC(=O)c2ccc(Br)cc2Cl)n1. The maximum absolute atomic E-state index is 12.1. The summed E-state index contributed by atoms with van der Waals surface area (Å²) in [4.78, 5) is 11.9. The molecule has 1 aromatic heterocycles. The third-order valence-electron chi connectivity index (χ3n) is 2.51. The minimum atomic E-state index is -4.00. The average molecular weight is 394 g/mol. The van der Waals surface area contributed by atoms with Crippen LogP contribution in [0.1, 0.15) is 10.4 Å². The number of hydrogen-bond acceptors (Lipinski definition) is 4. The van der Waals surface area contributed by atoms with E-state index in [9.17, 15) is 13.2 Å². The predicted octanol–water partition coefficient (Wildman–Crippen LogP) is 1.74. The fourth-order valence-electron chi connectivity index (χ4n) is 1.61. The average Bonchev–Trinajstić information content (AvgIpc) is 2.69. The molecule has 1 heterocycles. The molecule has 0 saturated carbocycles. The number of anilines is 1. The highest BCUT2D eigenvalue weighted by atomic mass is 79.9. The van der Waals surface area contributed by atoms with E-state index in [1.165, 1.54) is 24.0 Å². The summed E-state index contributed by atoms with van der Waals surface area (Å²) in [5.74, 6) is -0.736. The largest absolute Gasteiger partial charge is 0.304 e. The van der Waals surface area contributed by atoms with E-state index in [0.717, 1.165) is 0 Å². The minimum absolute atomic E-state index is 0.149. The second-order valence-corrected chi connectivity index (χ2v) is 6.99. The lowest BCUT2D eigenvalue weighted by molar-refractivity contribution is 0.102. The fraction of sp³-hybridized carbons (Fsp3) is 0.0909. The predicted molar refractivity (Wildman–Crippen MR) is 81.7 cm³/mol. The lowest BCUT2D eigenvalue weighted by atomic mass is 10.2. The van der Waals surface area contributed by atoms with E-state index in [2.05, 4.69) is 26.3 Å². The standard InChI is InChI=1S/C11H10BrClN4O3S/c1-17-5-9(21(14,19)20)10(16-17)15-11(18)7-3-2-6(12)4-8(7)13/h2-5H,1H3,(H2,14,19,20)(H,15,16,18). The molecule has 2 rings (SSSR count). The fourth-order valence-corrected chi connectivity index (χ4v) is 3.03. The van der Waals surface area contributed by atoms with Crippen molar-refractivity contribution in [3.63, 3.8) is 0 Å². The number of carbonyl (C=O) groups excluding carboxylic acids is 1. The Bertz CT molecular complexity index is 819. The molecule has 21 heavy (non-hydrogen) atoms. The Kier molecular flexibility index (Phi) is 4.38. The van der Waals surface area contributed by atoms with Gasteiger partial charge in [-0.25, -0.2) is 13.6 Å². The Morgan fingerprint density at radius 2 is 2.14 bits per heavy atom. The highest BCUT2D eigenvalue weighted by Gasteiger charge is 2.21. The number of sulfonamides is 1. The van der Waals surface area contributed by atoms with Gasteiger partial charge in [0.05, 0.1) is 10.6 Å². The number of aromatic nitrogens is 2. The number of hydrogen-bond donors (Lipinski definition) is 2. The molecule has 0 aliphatic carbocycles. The smallest absolute Gasteiger partial charge is 0.258 e. The van der Waals surface area contributed by atoms with Gasteiger partial charge in [-0.15, -0.1) is 0 Å². The molecule has 0 aliphatic heterocycles. The van der Waals surface area contributed by atoms with Gasteiger partial charge in [-0.05, 0) is 18.2 Å². The summed E-state index contributed by atoms with van der Waals surface area (Å²) >= 11 is 9.19. The van der Waals surface area contributed by atoms with Gasteiger partial charge in [0.2, 0.25) is 10.0 Å². The molecule has 1 aromatic carbocycles. The van der Waals surface area contributed by atoms with E-state index in [1.54, 1.807) is 12.1 Å². The van der Waals surface area contributed by atoms with Crippen LogP contribution in [-0.2, 0) is 17.1 Å². The highest BCUT2D eigenvalue weighted by molar-refractivity contribution is 9.10. The van der Waals surface area contributed by atoms with Crippen molar-refractivity contribution in [2.75, 3.05) is 5.32 Å². The van der Waals surface area contributed by atoms with Crippen molar-refractivity contribution in [3.8, 4) is 0 Å². The number of nitrogens with two attached hydrogens (primary N) is 1. The second-order valence-electron chi connectivity index (χ2n) is 4.14. The molecule has 112 valence electrons. The van der Waals surface area contributed by atoms with Gasteiger partial charge in [0.15, 0.2) is 5.82 Å². The van der Waals surface area contributed by atoms with Crippen LogP contribution in [0.25, 0.3) is 0 Å². The normalized spacial score (nSPS) is 11.4. The summed E-state index contributed by atoms with van der Waals surface area (Å²) in [5.41, 5.74) is 0.186. The quantitative estimate of drug-likeness (QED) is 0.828. The first-order valence-corrected chi connectivity index (χ1v) is 8.23. The number of benzene rings is 1. The lowest BCUT2D eigenvalue weighted by Gasteiger charge is -2.06. The maximum Gasteiger partial charge on any atom is 0.258 e. The molecule has 2 aromatic rings. The monoisotopic (exact) mass is 392 g/mol. The number of carbonyl (C=O) groups is 1. The molecule has 0 fully saturated rings. The Hall–Kier alpha value is -1.42. The van der Waals surface area contributed by atoms with Gasteiger partial charge in [-0.3, -0.25) is 9.48 Å². The van der Waals surface area contributed by atoms with Crippen molar-refractivity contribution in [1.82, 2.24) is 9.78 Å². The number of rotatable bonds is 3. The molecule has 0 atom stereocenters. The van der Waals surface area contributed by atoms with Crippen molar-refractivity contribution >= 4 is 49.3 Å². The first kappa shape index (κ1) is 16.0. The zero-order valence-electron chi connectivity index (χ0n) is 10.7.